The van der Waals surface area contributed by atoms with E-state index in [-0.39, 0.29) is 17.5 Å². The first-order valence-corrected chi connectivity index (χ1v) is 9.13. The molecule has 28 heavy (non-hydrogen) atoms. The van der Waals surface area contributed by atoms with Crippen molar-refractivity contribution in [1.82, 2.24) is 4.98 Å². The molecule has 0 spiro atoms. The molecule has 0 atom stereocenters. The molecule has 3 aromatic rings. The zero-order chi connectivity index (χ0) is 20.3. The summed E-state index contributed by atoms with van der Waals surface area (Å²) in [5, 5.41) is 6.19. The van der Waals surface area contributed by atoms with Gasteiger partial charge in [0.2, 0.25) is 0 Å². The van der Waals surface area contributed by atoms with E-state index in [9.17, 15) is 9.59 Å². The Labute approximate surface area is 168 Å². The number of pyridine rings is 1. The van der Waals surface area contributed by atoms with Crippen LogP contribution in [0.15, 0.2) is 54.7 Å². The van der Waals surface area contributed by atoms with Crippen LogP contribution in [0.2, 0.25) is 5.02 Å². The Bertz CT molecular complexity index is 1060. The molecule has 1 aromatic heterocycles. The number of hydrogen-bond donors (Lipinski definition) is 2. The van der Waals surface area contributed by atoms with Gasteiger partial charge in [0, 0.05) is 28.2 Å². The summed E-state index contributed by atoms with van der Waals surface area (Å²) in [7, 11) is 0. The number of carbonyl (C=O) groups is 2. The minimum absolute atomic E-state index is 0.162. The summed E-state index contributed by atoms with van der Waals surface area (Å²) in [6, 6.07) is 14.1. The first-order valence-electron chi connectivity index (χ1n) is 8.75. The highest BCUT2D eigenvalue weighted by atomic mass is 35.5. The molecule has 0 aliphatic carbocycles. The van der Waals surface area contributed by atoms with Crippen molar-refractivity contribution in [2.75, 3.05) is 10.6 Å². The fourth-order valence-electron chi connectivity index (χ4n) is 2.63. The topological polar surface area (TPSA) is 71.1 Å². The van der Waals surface area contributed by atoms with E-state index in [1.165, 1.54) is 12.3 Å². The van der Waals surface area contributed by atoms with Crippen molar-refractivity contribution < 1.29 is 9.59 Å². The Kier molecular flexibility index (Phi) is 5.76. The molecule has 2 aromatic carbocycles. The minimum Gasteiger partial charge on any atom is -0.322 e. The van der Waals surface area contributed by atoms with Crippen molar-refractivity contribution in [2.24, 2.45) is 0 Å². The largest absolute Gasteiger partial charge is 0.322 e. The molecule has 0 radical (unpaired) electrons. The molecule has 0 saturated carbocycles. The highest BCUT2D eigenvalue weighted by molar-refractivity contribution is 6.31. The first kappa shape index (κ1) is 19.6. The average molecular weight is 394 g/mol. The number of amides is 2. The predicted molar refractivity (Wildman–Crippen MR) is 112 cm³/mol. The molecule has 0 aliphatic rings. The van der Waals surface area contributed by atoms with Crippen LogP contribution in [0.4, 0.5) is 11.4 Å². The number of rotatable bonds is 4. The van der Waals surface area contributed by atoms with E-state index < -0.39 is 0 Å². The number of halogens is 1. The Hall–Kier alpha value is -3.18. The lowest BCUT2D eigenvalue weighted by Crippen LogP contribution is -2.17. The fourth-order valence-corrected chi connectivity index (χ4v) is 2.81. The molecular weight excluding hydrogens is 374 g/mol. The van der Waals surface area contributed by atoms with Crippen LogP contribution in [0.1, 0.15) is 37.5 Å². The third kappa shape index (κ3) is 4.56. The summed E-state index contributed by atoms with van der Waals surface area (Å²) in [4.78, 5) is 29.2. The molecule has 3 rings (SSSR count). The van der Waals surface area contributed by atoms with Gasteiger partial charge in [-0.2, -0.15) is 0 Å². The minimum atomic E-state index is -0.373. The van der Waals surface area contributed by atoms with Gasteiger partial charge in [-0.25, -0.2) is 0 Å². The van der Waals surface area contributed by atoms with Crippen LogP contribution in [0.25, 0.3) is 0 Å². The zero-order valence-corrected chi connectivity index (χ0v) is 16.6. The highest BCUT2D eigenvalue weighted by Crippen LogP contribution is 2.21. The normalized spacial score (nSPS) is 10.4. The summed E-state index contributed by atoms with van der Waals surface area (Å²) in [6.07, 6.45) is 1.44. The Morgan fingerprint density at radius 2 is 1.61 bits per heavy atom. The van der Waals surface area contributed by atoms with E-state index >= 15 is 0 Å². The monoisotopic (exact) mass is 393 g/mol. The van der Waals surface area contributed by atoms with Gasteiger partial charge in [-0.15, -0.1) is 0 Å². The van der Waals surface area contributed by atoms with Crippen LogP contribution in [-0.2, 0) is 0 Å². The summed E-state index contributed by atoms with van der Waals surface area (Å²) < 4.78 is 0. The van der Waals surface area contributed by atoms with Crippen LogP contribution in [-0.4, -0.2) is 16.8 Å². The average Bonchev–Trinajstić information content (AvgIpc) is 2.67. The lowest BCUT2D eigenvalue weighted by molar-refractivity contribution is 0.102. The van der Waals surface area contributed by atoms with Gasteiger partial charge in [0.25, 0.3) is 11.8 Å². The molecule has 1 heterocycles. The van der Waals surface area contributed by atoms with Crippen LogP contribution < -0.4 is 10.6 Å². The smallest absolute Gasteiger partial charge is 0.274 e. The van der Waals surface area contributed by atoms with Crippen molar-refractivity contribution in [3.63, 3.8) is 0 Å². The fraction of sp³-hybridized carbons (Fsp3) is 0.136. The van der Waals surface area contributed by atoms with Crippen molar-refractivity contribution in [3.8, 4) is 0 Å². The number of nitrogens with zero attached hydrogens (tertiary/aromatic N) is 1. The number of hydrogen-bond acceptors (Lipinski definition) is 3. The van der Waals surface area contributed by atoms with Gasteiger partial charge in [-0.3, -0.25) is 14.6 Å². The molecule has 6 heteroatoms. The quantitative estimate of drug-likeness (QED) is 0.642. The maximum absolute atomic E-state index is 12.6. The Morgan fingerprint density at radius 1 is 0.857 bits per heavy atom. The molecule has 0 unspecified atom stereocenters. The lowest BCUT2D eigenvalue weighted by Gasteiger charge is -2.10. The number of nitrogens with one attached hydrogen (secondary N) is 2. The van der Waals surface area contributed by atoms with E-state index in [0.29, 0.717) is 16.3 Å². The van der Waals surface area contributed by atoms with Crippen molar-refractivity contribution in [2.45, 2.75) is 20.8 Å². The molecule has 0 saturated heterocycles. The Balaban J connectivity index is 1.77. The second kappa shape index (κ2) is 8.23. The molecule has 142 valence electrons. The van der Waals surface area contributed by atoms with Gasteiger partial charge >= 0.3 is 0 Å². The molecular formula is C22H20ClN3O2. The highest BCUT2D eigenvalue weighted by Gasteiger charge is 2.13. The first-order chi connectivity index (χ1) is 13.3. The van der Waals surface area contributed by atoms with Crippen molar-refractivity contribution in [3.05, 3.63) is 87.7 Å². The maximum atomic E-state index is 12.6. The summed E-state index contributed by atoms with van der Waals surface area (Å²) in [5.41, 5.74) is 4.71. The van der Waals surface area contributed by atoms with Crippen LogP contribution in [0, 0.1) is 20.8 Å². The second-order valence-electron chi connectivity index (χ2n) is 6.62. The van der Waals surface area contributed by atoms with Crippen molar-refractivity contribution in [1.29, 1.82) is 0 Å². The predicted octanol–water partition coefficient (Wildman–Crippen LogP) is 5.16. The zero-order valence-electron chi connectivity index (χ0n) is 15.8. The van der Waals surface area contributed by atoms with Gasteiger partial charge in [-0.05, 0) is 67.8 Å². The maximum Gasteiger partial charge on any atom is 0.274 e. The van der Waals surface area contributed by atoms with Crippen molar-refractivity contribution >= 4 is 34.8 Å². The third-order valence-corrected chi connectivity index (χ3v) is 4.73. The van der Waals surface area contributed by atoms with E-state index in [1.54, 1.807) is 18.2 Å². The summed E-state index contributed by atoms with van der Waals surface area (Å²) >= 11 is 6.10. The summed E-state index contributed by atoms with van der Waals surface area (Å²) in [5.74, 6) is -0.718. The van der Waals surface area contributed by atoms with Crippen LogP contribution in [0.3, 0.4) is 0 Å². The van der Waals surface area contributed by atoms with E-state index in [2.05, 4.69) is 15.6 Å². The van der Waals surface area contributed by atoms with Gasteiger partial charge in [0.1, 0.15) is 5.69 Å². The number of aryl methyl sites for hydroxylation is 3. The molecule has 0 fully saturated rings. The van der Waals surface area contributed by atoms with Crippen LogP contribution in [0.5, 0.6) is 0 Å². The number of carbonyl (C=O) groups excluding carboxylic acids is 2. The van der Waals surface area contributed by atoms with Gasteiger partial charge in [-0.1, -0.05) is 29.8 Å². The number of anilines is 2. The number of aromatic nitrogens is 1. The molecule has 5 nitrogen and oxygen atoms in total. The molecule has 0 aliphatic heterocycles. The molecule has 2 amide bonds. The van der Waals surface area contributed by atoms with E-state index in [1.807, 2.05) is 45.0 Å². The van der Waals surface area contributed by atoms with Gasteiger partial charge in [0.15, 0.2) is 0 Å². The standard InChI is InChI=1S/C22H20ClN3O2/c1-13-4-5-15(3)19(10-13)26-22(28)20-11-16(8-9-24-20)21(27)25-17-7-6-14(2)18(23)12-17/h4-12H,1-3H3,(H,25,27)(H,26,28). The Morgan fingerprint density at radius 3 is 2.36 bits per heavy atom. The molecule has 0 bridgehead atoms. The summed E-state index contributed by atoms with van der Waals surface area (Å²) in [6.45, 7) is 5.76. The van der Waals surface area contributed by atoms with Gasteiger partial charge in [0.05, 0.1) is 0 Å². The molecule has 2 N–H and O–H groups in total. The van der Waals surface area contributed by atoms with Gasteiger partial charge < -0.3 is 10.6 Å². The van der Waals surface area contributed by atoms with E-state index in [4.69, 9.17) is 11.6 Å². The SMILES string of the molecule is Cc1ccc(C)c(NC(=O)c2cc(C(=O)Nc3ccc(C)c(Cl)c3)ccn2)c1. The number of benzene rings is 2. The second-order valence-corrected chi connectivity index (χ2v) is 7.03. The van der Waals surface area contributed by atoms with Crippen LogP contribution >= 0.6 is 11.6 Å². The third-order valence-electron chi connectivity index (χ3n) is 4.33. The lowest BCUT2D eigenvalue weighted by atomic mass is 10.1. The van der Waals surface area contributed by atoms with E-state index in [0.717, 1.165) is 22.4 Å².